The number of hydrogen-bond acceptors (Lipinski definition) is 0. The van der Waals surface area contributed by atoms with Crippen molar-refractivity contribution in [2.75, 3.05) is 0 Å². The van der Waals surface area contributed by atoms with E-state index in [1.165, 1.54) is 25.1 Å². The van der Waals surface area contributed by atoms with Gasteiger partial charge in [-0.2, -0.15) is 13.2 Å². The second kappa shape index (κ2) is 4.41. The minimum Gasteiger partial charge on any atom is -0.205 e. The second-order valence-corrected chi connectivity index (χ2v) is 5.58. The van der Waals surface area contributed by atoms with Gasteiger partial charge in [-0.1, -0.05) is 24.6 Å². The molecule has 0 spiro atoms. The summed E-state index contributed by atoms with van der Waals surface area (Å²) in [7, 11) is 0. The van der Waals surface area contributed by atoms with Gasteiger partial charge in [0.1, 0.15) is 5.82 Å². The predicted molar refractivity (Wildman–Crippen MR) is 62.2 cm³/mol. The zero-order chi connectivity index (χ0) is 13.6. The summed E-state index contributed by atoms with van der Waals surface area (Å²) in [5, 5.41) is -0.0342. The normalized spacial score (nSPS) is 28.7. The Labute approximate surface area is 108 Å². The Balaban J connectivity index is 2.21. The Morgan fingerprint density at radius 2 is 2.00 bits per heavy atom. The molecular weight excluding hydrogens is 268 g/mol. The number of alkyl halides is 3. The Bertz CT molecular complexity index is 455. The largest absolute Gasteiger partial charge is 0.394 e. The van der Waals surface area contributed by atoms with E-state index in [1.807, 2.05) is 0 Å². The first-order chi connectivity index (χ1) is 8.23. The van der Waals surface area contributed by atoms with Gasteiger partial charge in [0.25, 0.3) is 0 Å². The number of rotatable bonds is 1. The first-order valence-electron chi connectivity index (χ1n) is 5.75. The molecule has 0 amide bonds. The summed E-state index contributed by atoms with van der Waals surface area (Å²) in [5.41, 5.74) is -0.951. The van der Waals surface area contributed by atoms with Crippen molar-refractivity contribution >= 4 is 11.6 Å². The lowest BCUT2D eigenvalue weighted by molar-refractivity contribution is -0.215. The quantitative estimate of drug-likeness (QED) is 0.611. The third-order valence-electron chi connectivity index (χ3n) is 3.84. The maximum Gasteiger partial charge on any atom is 0.394 e. The van der Waals surface area contributed by atoms with Crippen molar-refractivity contribution in [3.8, 4) is 0 Å². The maximum atomic E-state index is 13.0. The van der Waals surface area contributed by atoms with Crippen molar-refractivity contribution in [2.24, 2.45) is 5.41 Å². The summed E-state index contributed by atoms with van der Waals surface area (Å²) >= 11 is 5.66. The van der Waals surface area contributed by atoms with Crippen LogP contribution < -0.4 is 0 Å². The highest BCUT2D eigenvalue weighted by Gasteiger charge is 2.54. The van der Waals surface area contributed by atoms with Gasteiger partial charge in [-0.3, -0.25) is 0 Å². The molecule has 18 heavy (non-hydrogen) atoms. The average Bonchev–Trinajstić information content (AvgIpc) is 2.66. The molecule has 100 valence electrons. The molecule has 1 aliphatic carbocycles. The molecule has 0 saturated heterocycles. The highest BCUT2D eigenvalue weighted by molar-refractivity contribution is 6.30. The van der Waals surface area contributed by atoms with Crippen LogP contribution in [-0.4, -0.2) is 6.18 Å². The highest BCUT2D eigenvalue weighted by atomic mass is 35.5. The van der Waals surface area contributed by atoms with Crippen molar-refractivity contribution in [3.05, 3.63) is 34.6 Å². The van der Waals surface area contributed by atoms with Crippen LogP contribution in [0, 0.1) is 11.2 Å². The average molecular weight is 281 g/mol. The Hall–Kier alpha value is -0.770. The third-order valence-corrected chi connectivity index (χ3v) is 4.13. The molecule has 1 aromatic carbocycles. The molecule has 1 fully saturated rings. The molecule has 0 heterocycles. The van der Waals surface area contributed by atoms with E-state index in [2.05, 4.69) is 0 Å². The minimum atomic E-state index is -4.19. The molecular formula is C13H13ClF4. The van der Waals surface area contributed by atoms with Crippen LogP contribution in [0.1, 0.15) is 37.7 Å². The first kappa shape index (κ1) is 13.7. The van der Waals surface area contributed by atoms with Gasteiger partial charge >= 0.3 is 6.18 Å². The summed E-state index contributed by atoms with van der Waals surface area (Å²) in [4.78, 5) is 0. The predicted octanol–water partition coefficient (Wildman–Crippen LogP) is 5.32. The fourth-order valence-electron chi connectivity index (χ4n) is 2.55. The molecule has 2 rings (SSSR count). The van der Waals surface area contributed by atoms with E-state index in [0.717, 1.165) is 0 Å². The van der Waals surface area contributed by atoms with Gasteiger partial charge in [-0.25, -0.2) is 4.39 Å². The lowest BCUT2D eigenvalue weighted by Gasteiger charge is -2.27. The Morgan fingerprint density at radius 1 is 1.33 bits per heavy atom. The van der Waals surface area contributed by atoms with Crippen LogP contribution in [0.5, 0.6) is 0 Å². The highest BCUT2D eigenvalue weighted by Crippen LogP contribution is 2.55. The van der Waals surface area contributed by atoms with Gasteiger partial charge in [0, 0.05) is 0 Å². The fraction of sp³-hybridized carbons (Fsp3) is 0.538. The zero-order valence-corrected chi connectivity index (χ0v) is 10.6. The molecule has 1 aromatic rings. The lowest BCUT2D eigenvalue weighted by atomic mass is 9.85. The van der Waals surface area contributed by atoms with E-state index in [1.54, 1.807) is 0 Å². The van der Waals surface area contributed by atoms with Crippen molar-refractivity contribution in [1.82, 2.24) is 0 Å². The van der Waals surface area contributed by atoms with Crippen molar-refractivity contribution < 1.29 is 17.6 Å². The van der Waals surface area contributed by atoms with Crippen LogP contribution in [0.3, 0.4) is 0 Å². The van der Waals surface area contributed by atoms with E-state index in [4.69, 9.17) is 11.6 Å². The Morgan fingerprint density at radius 3 is 2.50 bits per heavy atom. The molecule has 0 nitrogen and oxygen atoms in total. The summed E-state index contributed by atoms with van der Waals surface area (Å²) in [6, 6.07) is 4.17. The molecule has 0 bridgehead atoms. The van der Waals surface area contributed by atoms with Gasteiger partial charge in [-0.15, -0.1) is 0 Å². The molecule has 0 aliphatic heterocycles. The van der Waals surface area contributed by atoms with Crippen LogP contribution in [0.15, 0.2) is 18.2 Å². The summed E-state index contributed by atoms with van der Waals surface area (Å²) in [6.45, 7) is 1.25. The molecule has 2 atom stereocenters. The number of halogens is 5. The maximum absolute atomic E-state index is 13.0. The summed E-state index contributed by atoms with van der Waals surface area (Å²) in [5.74, 6) is -0.744. The smallest absolute Gasteiger partial charge is 0.205 e. The zero-order valence-electron chi connectivity index (χ0n) is 9.82. The molecule has 1 saturated carbocycles. The summed E-state index contributed by atoms with van der Waals surface area (Å²) < 4.78 is 51.7. The molecule has 5 heteroatoms. The SMILES string of the molecule is C[C@]1(C(F)(F)F)CCC(c2ccc(F)c(Cl)c2)C1. The van der Waals surface area contributed by atoms with Gasteiger partial charge in [0.2, 0.25) is 0 Å². The van der Waals surface area contributed by atoms with E-state index < -0.39 is 17.4 Å². The first-order valence-corrected chi connectivity index (χ1v) is 6.12. The van der Waals surface area contributed by atoms with Gasteiger partial charge in [0.05, 0.1) is 10.4 Å². The monoisotopic (exact) mass is 280 g/mol. The number of benzene rings is 1. The third kappa shape index (κ3) is 2.35. The van der Waals surface area contributed by atoms with E-state index in [-0.39, 0.29) is 23.8 Å². The molecule has 1 aliphatic rings. The molecule has 1 unspecified atom stereocenters. The van der Waals surface area contributed by atoms with E-state index in [0.29, 0.717) is 12.0 Å². The van der Waals surface area contributed by atoms with Gasteiger partial charge in [0.15, 0.2) is 0 Å². The second-order valence-electron chi connectivity index (χ2n) is 5.17. The molecule has 0 aromatic heterocycles. The van der Waals surface area contributed by atoms with Crippen LogP contribution >= 0.6 is 11.6 Å². The van der Waals surface area contributed by atoms with Gasteiger partial charge in [-0.05, 0) is 42.9 Å². The lowest BCUT2D eigenvalue weighted by Crippen LogP contribution is -2.32. The molecule has 0 radical (unpaired) electrons. The van der Waals surface area contributed by atoms with Gasteiger partial charge < -0.3 is 0 Å². The van der Waals surface area contributed by atoms with Crippen molar-refractivity contribution in [2.45, 2.75) is 38.3 Å². The van der Waals surface area contributed by atoms with E-state index >= 15 is 0 Å². The summed E-state index contributed by atoms with van der Waals surface area (Å²) in [6.07, 6.45) is -3.59. The Kier molecular flexibility index (Phi) is 3.34. The minimum absolute atomic E-state index is 0.0342. The fourth-order valence-corrected chi connectivity index (χ4v) is 2.74. The van der Waals surface area contributed by atoms with E-state index in [9.17, 15) is 17.6 Å². The topological polar surface area (TPSA) is 0 Å². The molecule has 0 N–H and O–H groups in total. The van der Waals surface area contributed by atoms with Crippen LogP contribution in [0.4, 0.5) is 17.6 Å². The van der Waals surface area contributed by atoms with Crippen molar-refractivity contribution in [3.63, 3.8) is 0 Å². The number of hydrogen-bond donors (Lipinski definition) is 0. The van der Waals surface area contributed by atoms with Crippen LogP contribution in [-0.2, 0) is 0 Å². The standard InChI is InChI=1S/C13H13ClF4/c1-12(13(16,17)18)5-4-9(7-12)8-2-3-11(15)10(14)6-8/h2-3,6,9H,4-5,7H2,1H3/t9?,12-/m0/s1. The van der Waals surface area contributed by atoms with Crippen molar-refractivity contribution in [1.29, 1.82) is 0 Å². The van der Waals surface area contributed by atoms with Crippen LogP contribution in [0.2, 0.25) is 5.02 Å². The van der Waals surface area contributed by atoms with Crippen LogP contribution in [0.25, 0.3) is 0 Å².